The van der Waals surface area contributed by atoms with E-state index >= 15 is 0 Å². The number of likely N-dealkylation sites (N-methyl/N-ethyl adjacent to an activating group) is 1. The molecule has 0 aliphatic heterocycles. The Balaban J connectivity index is 2.99. The molecule has 0 unspecified atom stereocenters. The van der Waals surface area contributed by atoms with E-state index < -0.39 is 0 Å². The van der Waals surface area contributed by atoms with Crippen molar-refractivity contribution in [3.63, 3.8) is 0 Å². The van der Waals surface area contributed by atoms with Gasteiger partial charge in [0.05, 0.1) is 112 Å². The largest absolute Gasteiger partial charge is 0.378 e. The number of hydrogen-bond acceptors (Lipinski definition) is 10. The van der Waals surface area contributed by atoms with Crippen molar-refractivity contribution in [3.05, 3.63) is 0 Å². The van der Waals surface area contributed by atoms with E-state index in [0.717, 1.165) is 6.54 Å². The van der Waals surface area contributed by atoms with E-state index in [1.165, 1.54) is 0 Å². The van der Waals surface area contributed by atoms with Crippen LogP contribution in [0, 0.1) is 12.3 Å². The Morgan fingerprint density at radius 3 is 0.938 bits per heavy atom. The Labute approximate surface area is 193 Å². The molecule has 0 spiro atoms. The van der Waals surface area contributed by atoms with Gasteiger partial charge >= 0.3 is 0 Å². The minimum Gasteiger partial charge on any atom is -0.378 e. The van der Waals surface area contributed by atoms with Gasteiger partial charge in [0.2, 0.25) is 0 Å². The molecular formula is C22H43NO9. The van der Waals surface area contributed by atoms with Crippen LogP contribution in [-0.4, -0.2) is 133 Å². The molecule has 0 fully saturated rings. The maximum Gasteiger partial charge on any atom is 0.107 e. The van der Waals surface area contributed by atoms with E-state index in [4.69, 9.17) is 49.1 Å². The van der Waals surface area contributed by atoms with Crippen molar-refractivity contribution < 1.29 is 42.6 Å². The summed E-state index contributed by atoms with van der Waals surface area (Å²) in [6, 6.07) is 0. The second kappa shape index (κ2) is 30.2. The first-order valence-electron chi connectivity index (χ1n) is 11.2. The third-order valence-corrected chi connectivity index (χ3v) is 3.66. The molecule has 0 radical (unpaired) electrons. The van der Waals surface area contributed by atoms with Crippen LogP contribution in [0.2, 0.25) is 0 Å². The number of nitrogens with one attached hydrogen (secondary N) is 1. The molecule has 0 saturated carbocycles. The molecule has 0 amide bonds. The molecule has 0 aliphatic rings. The summed E-state index contributed by atoms with van der Waals surface area (Å²) in [5.41, 5.74) is 0. The summed E-state index contributed by atoms with van der Waals surface area (Å²) in [7, 11) is 1.89. The highest BCUT2D eigenvalue weighted by Gasteiger charge is 1.95. The fraction of sp³-hybridized carbons (Fsp3) is 0.909. The molecular weight excluding hydrogens is 422 g/mol. The van der Waals surface area contributed by atoms with Crippen molar-refractivity contribution in [2.75, 3.05) is 133 Å². The Kier molecular flexibility index (Phi) is 29.4. The molecule has 0 aromatic heterocycles. The maximum atomic E-state index is 5.43. The summed E-state index contributed by atoms with van der Waals surface area (Å²) in [5, 5.41) is 3.01. The molecule has 32 heavy (non-hydrogen) atoms. The lowest BCUT2D eigenvalue weighted by molar-refractivity contribution is -0.0245. The molecule has 0 heterocycles. The van der Waals surface area contributed by atoms with Crippen LogP contribution in [0.15, 0.2) is 0 Å². The Morgan fingerprint density at radius 2 is 0.688 bits per heavy atom. The summed E-state index contributed by atoms with van der Waals surface area (Å²) < 4.78 is 48.2. The molecule has 0 aromatic carbocycles. The lowest BCUT2D eigenvalue weighted by atomic mass is 10.6. The molecule has 190 valence electrons. The highest BCUT2D eigenvalue weighted by atomic mass is 16.6. The second-order valence-electron chi connectivity index (χ2n) is 6.26. The van der Waals surface area contributed by atoms with E-state index in [1.807, 2.05) is 7.05 Å². The Morgan fingerprint density at radius 1 is 0.438 bits per heavy atom. The Hall–Kier alpha value is -0.840. The standard InChI is InChI=1S/C22H43NO9/c1-3-5-24-7-9-26-11-13-28-15-17-30-19-21-32-22-20-31-18-16-29-14-12-27-10-8-25-6-4-23-2/h1,23H,4-22H2,2H3. The van der Waals surface area contributed by atoms with Crippen LogP contribution in [-0.2, 0) is 42.6 Å². The molecule has 0 saturated heterocycles. The van der Waals surface area contributed by atoms with Crippen LogP contribution in [0.5, 0.6) is 0 Å². The SMILES string of the molecule is C#CCOCCOCCOCCOCCOCCOCCOCCOCCOCCNC. The topological polar surface area (TPSA) is 95.1 Å². The minimum atomic E-state index is 0.314. The fourth-order valence-electron chi connectivity index (χ4n) is 2.06. The van der Waals surface area contributed by atoms with Crippen LogP contribution in [0.3, 0.4) is 0 Å². The van der Waals surface area contributed by atoms with Crippen molar-refractivity contribution in [3.8, 4) is 12.3 Å². The van der Waals surface area contributed by atoms with Gasteiger partial charge < -0.3 is 47.9 Å². The van der Waals surface area contributed by atoms with Crippen LogP contribution < -0.4 is 5.32 Å². The zero-order chi connectivity index (χ0) is 23.2. The summed E-state index contributed by atoms with van der Waals surface area (Å²) in [6.07, 6.45) is 5.06. The average Bonchev–Trinajstić information content (AvgIpc) is 2.81. The van der Waals surface area contributed by atoms with Crippen molar-refractivity contribution >= 4 is 0 Å². The first-order valence-corrected chi connectivity index (χ1v) is 11.2. The van der Waals surface area contributed by atoms with Crippen molar-refractivity contribution in [1.29, 1.82) is 0 Å². The van der Waals surface area contributed by atoms with Crippen molar-refractivity contribution in [1.82, 2.24) is 5.32 Å². The summed E-state index contributed by atoms with van der Waals surface area (Å²) in [4.78, 5) is 0. The third kappa shape index (κ3) is 29.2. The van der Waals surface area contributed by atoms with E-state index in [9.17, 15) is 0 Å². The van der Waals surface area contributed by atoms with Crippen LogP contribution in [0.1, 0.15) is 0 Å². The molecule has 0 aliphatic carbocycles. The van der Waals surface area contributed by atoms with E-state index in [-0.39, 0.29) is 0 Å². The van der Waals surface area contributed by atoms with Crippen molar-refractivity contribution in [2.45, 2.75) is 0 Å². The van der Waals surface area contributed by atoms with Crippen LogP contribution in [0.25, 0.3) is 0 Å². The van der Waals surface area contributed by atoms with Gasteiger partial charge in [0.1, 0.15) is 6.61 Å². The number of ether oxygens (including phenoxy) is 9. The van der Waals surface area contributed by atoms with Gasteiger partial charge in [-0.05, 0) is 7.05 Å². The molecule has 0 aromatic rings. The van der Waals surface area contributed by atoms with Gasteiger partial charge in [-0.3, -0.25) is 0 Å². The highest BCUT2D eigenvalue weighted by Crippen LogP contribution is 1.86. The maximum absolute atomic E-state index is 5.43. The van der Waals surface area contributed by atoms with Gasteiger partial charge in [0.25, 0.3) is 0 Å². The molecule has 0 atom stereocenters. The fourth-order valence-corrected chi connectivity index (χ4v) is 2.06. The lowest BCUT2D eigenvalue weighted by Crippen LogP contribution is -2.17. The van der Waals surface area contributed by atoms with Crippen LogP contribution >= 0.6 is 0 Å². The Bertz CT molecular complexity index is 383. The molecule has 10 heteroatoms. The normalized spacial score (nSPS) is 11.1. The average molecular weight is 466 g/mol. The number of terminal acetylenes is 1. The quantitative estimate of drug-likeness (QED) is 0.126. The number of hydrogen-bond donors (Lipinski definition) is 1. The monoisotopic (exact) mass is 465 g/mol. The molecule has 0 bridgehead atoms. The van der Waals surface area contributed by atoms with Gasteiger partial charge in [-0.25, -0.2) is 0 Å². The van der Waals surface area contributed by atoms with E-state index in [2.05, 4.69) is 11.2 Å². The summed E-state index contributed by atoms with van der Waals surface area (Å²) in [5.74, 6) is 2.39. The summed E-state index contributed by atoms with van der Waals surface area (Å²) in [6.45, 7) is 10.4. The zero-order valence-electron chi connectivity index (χ0n) is 19.7. The summed E-state index contributed by atoms with van der Waals surface area (Å²) >= 11 is 0. The predicted octanol–water partition coefficient (Wildman–Crippen LogP) is -0.0116. The number of rotatable bonds is 28. The minimum absolute atomic E-state index is 0.314. The zero-order valence-corrected chi connectivity index (χ0v) is 19.7. The van der Waals surface area contributed by atoms with Gasteiger partial charge in [-0.1, -0.05) is 5.92 Å². The molecule has 1 N–H and O–H groups in total. The van der Waals surface area contributed by atoms with E-state index in [1.54, 1.807) is 0 Å². The highest BCUT2D eigenvalue weighted by molar-refractivity contribution is 4.82. The van der Waals surface area contributed by atoms with Crippen LogP contribution in [0.4, 0.5) is 0 Å². The second-order valence-corrected chi connectivity index (χ2v) is 6.26. The van der Waals surface area contributed by atoms with Gasteiger partial charge in [-0.15, -0.1) is 6.42 Å². The molecule has 0 rings (SSSR count). The smallest absolute Gasteiger partial charge is 0.107 e. The lowest BCUT2D eigenvalue weighted by Gasteiger charge is -2.08. The van der Waals surface area contributed by atoms with Gasteiger partial charge in [-0.2, -0.15) is 0 Å². The van der Waals surface area contributed by atoms with Crippen molar-refractivity contribution in [2.24, 2.45) is 0 Å². The third-order valence-electron chi connectivity index (χ3n) is 3.66. The predicted molar refractivity (Wildman–Crippen MR) is 120 cm³/mol. The van der Waals surface area contributed by atoms with E-state index in [0.29, 0.717) is 119 Å². The first kappa shape index (κ1) is 31.2. The first-order chi connectivity index (χ1) is 15.9. The van der Waals surface area contributed by atoms with Gasteiger partial charge in [0, 0.05) is 6.54 Å². The van der Waals surface area contributed by atoms with Gasteiger partial charge in [0.15, 0.2) is 0 Å². The molecule has 10 nitrogen and oxygen atoms in total.